The van der Waals surface area contributed by atoms with E-state index in [0.717, 1.165) is 12.5 Å². The summed E-state index contributed by atoms with van der Waals surface area (Å²) < 4.78 is 52.4. The van der Waals surface area contributed by atoms with Gasteiger partial charge in [0, 0.05) is 49.9 Å². The van der Waals surface area contributed by atoms with Gasteiger partial charge in [0.05, 0.1) is 12.2 Å². The molecular weight excluding hydrogens is 489 g/mol. The number of hydrogen-bond donors (Lipinski definition) is 3. The van der Waals surface area contributed by atoms with E-state index in [2.05, 4.69) is 20.9 Å². The van der Waals surface area contributed by atoms with Gasteiger partial charge >= 0.3 is 6.18 Å². The first-order chi connectivity index (χ1) is 17.7. The van der Waals surface area contributed by atoms with Gasteiger partial charge in [-0.2, -0.15) is 13.2 Å². The van der Waals surface area contributed by atoms with Crippen molar-refractivity contribution in [2.75, 3.05) is 19.8 Å². The summed E-state index contributed by atoms with van der Waals surface area (Å²) in [4.78, 5) is 28.6. The molecule has 202 valence electrons. The van der Waals surface area contributed by atoms with Gasteiger partial charge in [-0.05, 0) is 36.1 Å². The van der Waals surface area contributed by atoms with Crippen LogP contribution in [0.1, 0.15) is 74.0 Å². The summed E-state index contributed by atoms with van der Waals surface area (Å²) in [5, 5.41) is 8.43. The standard InChI is InChI=1S/C26H33F3N4O4/c1-3-5-22(34)30-15-17-6-8-20(26(27,28)29)19(13-17)25-32-21(14-23(35)33-25)18-7-9-24(31-16-18)37-12-11-36-10-4-2/h6-9,13,16,21,25,32H,3-5,10-12,14-15H2,1-2H3,(H,30,34)(H,33,35). The number of ether oxygens (including phenoxy) is 2. The van der Waals surface area contributed by atoms with Crippen LogP contribution in [0.5, 0.6) is 5.88 Å². The summed E-state index contributed by atoms with van der Waals surface area (Å²) in [6.07, 6.45) is -2.21. The summed E-state index contributed by atoms with van der Waals surface area (Å²) in [5.41, 5.74) is 0.164. The molecular formula is C26H33F3N4O4. The zero-order chi connectivity index (χ0) is 26.8. The van der Waals surface area contributed by atoms with E-state index in [4.69, 9.17) is 9.47 Å². The highest BCUT2D eigenvalue weighted by Crippen LogP contribution is 2.36. The van der Waals surface area contributed by atoms with Crippen molar-refractivity contribution in [2.45, 2.75) is 64.5 Å². The third-order valence-electron chi connectivity index (χ3n) is 5.75. The van der Waals surface area contributed by atoms with Crippen LogP contribution in [0.2, 0.25) is 0 Å². The molecule has 37 heavy (non-hydrogen) atoms. The number of pyridine rings is 1. The number of alkyl halides is 3. The van der Waals surface area contributed by atoms with Crippen LogP contribution in [0.25, 0.3) is 0 Å². The second-order valence-corrected chi connectivity index (χ2v) is 8.76. The minimum absolute atomic E-state index is 0.0390. The molecule has 0 spiro atoms. The molecule has 0 bridgehead atoms. The van der Waals surface area contributed by atoms with E-state index in [1.165, 1.54) is 12.1 Å². The molecule has 3 rings (SSSR count). The van der Waals surface area contributed by atoms with E-state index < -0.39 is 29.9 Å². The molecule has 0 radical (unpaired) electrons. The maximum atomic E-state index is 13.8. The molecule has 2 amide bonds. The van der Waals surface area contributed by atoms with E-state index in [0.29, 0.717) is 49.7 Å². The highest BCUT2D eigenvalue weighted by atomic mass is 19.4. The summed E-state index contributed by atoms with van der Waals surface area (Å²) in [7, 11) is 0. The number of amides is 2. The fraction of sp³-hybridized carbons (Fsp3) is 0.500. The number of nitrogens with one attached hydrogen (secondary N) is 3. The zero-order valence-corrected chi connectivity index (χ0v) is 21.0. The van der Waals surface area contributed by atoms with E-state index >= 15 is 0 Å². The van der Waals surface area contributed by atoms with Crippen LogP contribution in [-0.2, 0) is 27.0 Å². The molecule has 1 aromatic carbocycles. The molecule has 11 heteroatoms. The maximum absolute atomic E-state index is 13.8. The second-order valence-electron chi connectivity index (χ2n) is 8.76. The van der Waals surface area contributed by atoms with Crippen molar-refractivity contribution in [2.24, 2.45) is 0 Å². The number of benzene rings is 1. The Morgan fingerprint density at radius 3 is 2.62 bits per heavy atom. The molecule has 2 aromatic rings. The van der Waals surface area contributed by atoms with Gasteiger partial charge in [-0.15, -0.1) is 0 Å². The molecule has 2 unspecified atom stereocenters. The summed E-state index contributed by atoms with van der Waals surface area (Å²) in [5.74, 6) is -0.184. The van der Waals surface area contributed by atoms with E-state index in [1.54, 1.807) is 18.3 Å². The molecule has 8 nitrogen and oxygen atoms in total. The molecule has 1 aromatic heterocycles. The van der Waals surface area contributed by atoms with E-state index in [9.17, 15) is 22.8 Å². The molecule has 1 fully saturated rings. The third-order valence-corrected chi connectivity index (χ3v) is 5.75. The van der Waals surface area contributed by atoms with Gasteiger partial charge in [0.25, 0.3) is 0 Å². The number of carbonyl (C=O) groups is 2. The van der Waals surface area contributed by atoms with Gasteiger partial charge in [-0.25, -0.2) is 4.98 Å². The minimum Gasteiger partial charge on any atom is -0.475 e. The van der Waals surface area contributed by atoms with Gasteiger partial charge in [0.15, 0.2) is 0 Å². The number of carbonyl (C=O) groups excluding carboxylic acids is 2. The van der Waals surface area contributed by atoms with Gasteiger partial charge in [0.2, 0.25) is 17.7 Å². The average molecular weight is 523 g/mol. The van der Waals surface area contributed by atoms with Gasteiger partial charge in [0.1, 0.15) is 12.8 Å². The van der Waals surface area contributed by atoms with E-state index in [1.807, 2.05) is 13.8 Å². The van der Waals surface area contributed by atoms with Crippen LogP contribution in [0.15, 0.2) is 36.5 Å². The number of nitrogens with zero attached hydrogens (tertiary/aromatic N) is 1. The lowest BCUT2D eigenvalue weighted by Gasteiger charge is -2.33. The Morgan fingerprint density at radius 1 is 1.14 bits per heavy atom. The van der Waals surface area contributed by atoms with Crippen molar-refractivity contribution in [1.82, 2.24) is 20.9 Å². The molecule has 0 saturated carbocycles. The van der Waals surface area contributed by atoms with Crippen molar-refractivity contribution in [3.8, 4) is 5.88 Å². The first-order valence-corrected chi connectivity index (χ1v) is 12.4. The van der Waals surface area contributed by atoms with Crippen LogP contribution in [0, 0.1) is 0 Å². The first kappa shape index (κ1) is 28.4. The molecule has 2 atom stereocenters. The Bertz CT molecular complexity index is 1050. The van der Waals surface area contributed by atoms with Crippen LogP contribution in [0.3, 0.4) is 0 Å². The quantitative estimate of drug-likeness (QED) is 0.362. The summed E-state index contributed by atoms with van der Waals surface area (Å²) >= 11 is 0. The molecule has 0 aliphatic carbocycles. The SMILES string of the molecule is CCCOCCOc1ccc(C2CC(=O)NC(c3cc(CNC(=O)CCC)ccc3C(F)(F)F)N2)cn1. The Kier molecular flexibility index (Phi) is 10.3. The normalized spacial score (nSPS) is 17.8. The van der Waals surface area contributed by atoms with Crippen molar-refractivity contribution in [3.63, 3.8) is 0 Å². The van der Waals surface area contributed by atoms with Crippen LogP contribution < -0.4 is 20.7 Å². The van der Waals surface area contributed by atoms with Crippen LogP contribution in [0.4, 0.5) is 13.2 Å². The Balaban J connectivity index is 1.75. The molecule has 1 saturated heterocycles. The van der Waals surface area contributed by atoms with Crippen molar-refractivity contribution in [3.05, 3.63) is 58.8 Å². The lowest BCUT2D eigenvalue weighted by Crippen LogP contribution is -2.47. The number of rotatable bonds is 12. The van der Waals surface area contributed by atoms with E-state index in [-0.39, 0.29) is 24.4 Å². The topological polar surface area (TPSA) is 102 Å². The fourth-order valence-electron chi connectivity index (χ4n) is 3.96. The van der Waals surface area contributed by atoms with Gasteiger partial charge in [-0.1, -0.05) is 26.0 Å². The van der Waals surface area contributed by atoms with Crippen LogP contribution in [-0.4, -0.2) is 36.6 Å². The number of hydrogen-bond acceptors (Lipinski definition) is 6. The van der Waals surface area contributed by atoms with Gasteiger partial charge < -0.3 is 20.1 Å². The molecule has 2 heterocycles. The lowest BCUT2D eigenvalue weighted by molar-refractivity contribution is -0.139. The number of aromatic nitrogens is 1. The van der Waals surface area contributed by atoms with Crippen molar-refractivity contribution < 1.29 is 32.2 Å². The minimum atomic E-state index is -4.62. The lowest BCUT2D eigenvalue weighted by atomic mass is 9.96. The largest absolute Gasteiger partial charge is 0.475 e. The Hall–Kier alpha value is -3.18. The summed E-state index contributed by atoms with van der Waals surface area (Å²) in [6, 6.07) is 6.50. The zero-order valence-electron chi connectivity index (χ0n) is 21.0. The molecule has 3 N–H and O–H groups in total. The monoisotopic (exact) mass is 522 g/mol. The fourth-order valence-corrected chi connectivity index (χ4v) is 3.96. The predicted octanol–water partition coefficient (Wildman–Crippen LogP) is 4.17. The predicted molar refractivity (Wildman–Crippen MR) is 130 cm³/mol. The highest BCUT2D eigenvalue weighted by molar-refractivity contribution is 5.78. The maximum Gasteiger partial charge on any atom is 0.416 e. The highest BCUT2D eigenvalue weighted by Gasteiger charge is 2.38. The first-order valence-electron chi connectivity index (χ1n) is 12.4. The van der Waals surface area contributed by atoms with Crippen LogP contribution >= 0.6 is 0 Å². The number of halogens is 3. The Labute approximate surface area is 214 Å². The third kappa shape index (κ3) is 8.43. The molecule has 1 aliphatic heterocycles. The smallest absolute Gasteiger partial charge is 0.416 e. The average Bonchev–Trinajstić information content (AvgIpc) is 2.87. The molecule has 1 aliphatic rings. The van der Waals surface area contributed by atoms with Crippen molar-refractivity contribution >= 4 is 11.8 Å². The van der Waals surface area contributed by atoms with Crippen molar-refractivity contribution in [1.29, 1.82) is 0 Å². The summed E-state index contributed by atoms with van der Waals surface area (Å²) in [6.45, 7) is 5.39. The van der Waals surface area contributed by atoms with Gasteiger partial charge in [-0.3, -0.25) is 14.9 Å². The second kappa shape index (κ2) is 13.4. The Morgan fingerprint density at radius 2 is 1.95 bits per heavy atom.